The smallest absolute Gasteiger partial charge is 0.0256 e. The fourth-order valence-electron chi connectivity index (χ4n) is 2.97. The van der Waals surface area contributed by atoms with Crippen LogP contribution in [0, 0.1) is 5.92 Å². The van der Waals surface area contributed by atoms with Gasteiger partial charge in [-0.2, -0.15) is 0 Å². The maximum absolute atomic E-state index is 3.47. The summed E-state index contributed by atoms with van der Waals surface area (Å²) >= 11 is 0. The highest BCUT2D eigenvalue weighted by Crippen LogP contribution is 2.33. The first kappa shape index (κ1) is 12.0. The van der Waals surface area contributed by atoms with Crippen molar-refractivity contribution in [1.29, 1.82) is 0 Å². The van der Waals surface area contributed by atoms with E-state index in [4.69, 9.17) is 0 Å². The van der Waals surface area contributed by atoms with Crippen LogP contribution in [0.3, 0.4) is 0 Å². The van der Waals surface area contributed by atoms with Crippen LogP contribution in [0.5, 0.6) is 0 Å². The van der Waals surface area contributed by atoms with Gasteiger partial charge in [-0.25, -0.2) is 0 Å². The minimum atomic E-state index is 0.467. The first-order chi connectivity index (χ1) is 6.67. The monoisotopic (exact) mass is 198 g/mol. The molecule has 1 heterocycles. The summed E-state index contributed by atoms with van der Waals surface area (Å²) in [5, 5.41) is 3.47. The van der Waals surface area contributed by atoms with E-state index in [0.717, 1.165) is 5.92 Å². The highest BCUT2D eigenvalue weighted by Gasteiger charge is 2.38. The number of hydrogen-bond acceptors (Lipinski definition) is 2. The standard InChI is InChI=1S/C12H26N2/c1-5-14(6-2)12(11(3)4)7-9-13-10-8-12/h11,13H,5-10H2,1-4H3. The average molecular weight is 198 g/mol. The van der Waals surface area contributed by atoms with E-state index in [2.05, 4.69) is 37.9 Å². The predicted octanol–water partition coefficient (Wildman–Crippen LogP) is 2.11. The Hall–Kier alpha value is -0.0800. The van der Waals surface area contributed by atoms with E-state index in [0.29, 0.717) is 5.54 Å². The Bertz CT molecular complexity index is 156. The van der Waals surface area contributed by atoms with E-state index in [1.807, 2.05) is 0 Å². The van der Waals surface area contributed by atoms with Crippen LogP contribution in [-0.4, -0.2) is 36.6 Å². The lowest BCUT2D eigenvalue weighted by atomic mass is 9.77. The van der Waals surface area contributed by atoms with Gasteiger partial charge in [0.2, 0.25) is 0 Å². The summed E-state index contributed by atoms with van der Waals surface area (Å²) in [5.74, 6) is 0.768. The van der Waals surface area contributed by atoms with Crippen molar-refractivity contribution < 1.29 is 0 Å². The zero-order chi connectivity index (χ0) is 10.6. The molecule has 2 heteroatoms. The maximum atomic E-state index is 3.47. The van der Waals surface area contributed by atoms with Crippen molar-refractivity contribution in [3.05, 3.63) is 0 Å². The molecule has 0 aliphatic carbocycles. The summed E-state index contributed by atoms with van der Waals surface area (Å²) in [6, 6.07) is 0. The van der Waals surface area contributed by atoms with Crippen LogP contribution in [0.25, 0.3) is 0 Å². The molecule has 0 aromatic carbocycles. The highest BCUT2D eigenvalue weighted by atomic mass is 15.2. The van der Waals surface area contributed by atoms with Gasteiger partial charge in [-0.05, 0) is 44.9 Å². The Kier molecular flexibility index (Phi) is 4.39. The lowest BCUT2D eigenvalue weighted by Crippen LogP contribution is -2.57. The Balaban J connectivity index is 2.78. The molecular formula is C12H26N2. The van der Waals surface area contributed by atoms with Gasteiger partial charge in [-0.3, -0.25) is 4.90 Å². The van der Waals surface area contributed by atoms with Crippen molar-refractivity contribution in [2.45, 2.75) is 46.1 Å². The van der Waals surface area contributed by atoms with Crippen LogP contribution in [-0.2, 0) is 0 Å². The molecule has 1 N–H and O–H groups in total. The summed E-state index contributed by atoms with van der Waals surface area (Å²) in [6.07, 6.45) is 2.62. The van der Waals surface area contributed by atoms with Crippen LogP contribution < -0.4 is 5.32 Å². The van der Waals surface area contributed by atoms with Crippen molar-refractivity contribution in [3.8, 4) is 0 Å². The van der Waals surface area contributed by atoms with Gasteiger partial charge in [0.05, 0.1) is 0 Å². The molecule has 1 saturated heterocycles. The molecule has 1 fully saturated rings. The molecule has 1 aliphatic heterocycles. The fourth-order valence-corrected chi connectivity index (χ4v) is 2.97. The third-order valence-corrected chi connectivity index (χ3v) is 3.94. The molecule has 0 unspecified atom stereocenters. The second-order valence-corrected chi connectivity index (χ2v) is 4.68. The van der Waals surface area contributed by atoms with Crippen molar-refractivity contribution in [3.63, 3.8) is 0 Å². The van der Waals surface area contributed by atoms with Crippen LogP contribution in [0.1, 0.15) is 40.5 Å². The van der Waals surface area contributed by atoms with E-state index in [-0.39, 0.29) is 0 Å². The molecule has 0 aromatic rings. The van der Waals surface area contributed by atoms with Crippen molar-refractivity contribution >= 4 is 0 Å². The fraction of sp³-hybridized carbons (Fsp3) is 1.00. The number of rotatable bonds is 4. The molecule has 14 heavy (non-hydrogen) atoms. The zero-order valence-corrected chi connectivity index (χ0v) is 10.3. The molecular weight excluding hydrogens is 172 g/mol. The van der Waals surface area contributed by atoms with Crippen LogP contribution in [0.4, 0.5) is 0 Å². The number of piperidine rings is 1. The molecule has 0 spiro atoms. The molecule has 0 aromatic heterocycles. The van der Waals surface area contributed by atoms with E-state index in [1.165, 1.54) is 39.0 Å². The summed E-state index contributed by atoms with van der Waals surface area (Å²) in [4.78, 5) is 2.67. The number of nitrogens with one attached hydrogen (secondary N) is 1. The van der Waals surface area contributed by atoms with Crippen LogP contribution in [0.2, 0.25) is 0 Å². The highest BCUT2D eigenvalue weighted by molar-refractivity contribution is 4.96. The molecule has 0 radical (unpaired) electrons. The summed E-state index contributed by atoms with van der Waals surface area (Å²) in [5.41, 5.74) is 0.467. The van der Waals surface area contributed by atoms with Crippen LogP contribution in [0.15, 0.2) is 0 Å². The quantitative estimate of drug-likeness (QED) is 0.744. The first-order valence-electron chi connectivity index (χ1n) is 6.13. The Labute approximate surface area is 89.1 Å². The minimum absolute atomic E-state index is 0.467. The first-order valence-corrected chi connectivity index (χ1v) is 6.13. The van der Waals surface area contributed by atoms with Gasteiger partial charge in [-0.1, -0.05) is 27.7 Å². The van der Waals surface area contributed by atoms with Crippen molar-refractivity contribution in [1.82, 2.24) is 10.2 Å². The second-order valence-electron chi connectivity index (χ2n) is 4.68. The SMILES string of the molecule is CCN(CC)C1(C(C)C)CCNCC1. The van der Waals surface area contributed by atoms with E-state index in [9.17, 15) is 0 Å². The Morgan fingerprint density at radius 2 is 1.64 bits per heavy atom. The third-order valence-electron chi connectivity index (χ3n) is 3.94. The van der Waals surface area contributed by atoms with Gasteiger partial charge in [0.25, 0.3) is 0 Å². The van der Waals surface area contributed by atoms with Crippen molar-refractivity contribution in [2.24, 2.45) is 5.92 Å². The van der Waals surface area contributed by atoms with E-state index >= 15 is 0 Å². The molecule has 0 atom stereocenters. The van der Waals surface area contributed by atoms with E-state index in [1.54, 1.807) is 0 Å². The number of nitrogens with zero attached hydrogens (tertiary/aromatic N) is 1. The molecule has 1 rings (SSSR count). The predicted molar refractivity (Wildman–Crippen MR) is 62.6 cm³/mol. The molecule has 1 aliphatic rings. The minimum Gasteiger partial charge on any atom is -0.317 e. The van der Waals surface area contributed by atoms with Crippen LogP contribution >= 0.6 is 0 Å². The Morgan fingerprint density at radius 3 is 2.00 bits per heavy atom. The normalized spacial score (nSPS) is 21.9. The lowest BCUT2D eigenvalue weighted by molar-refractivity contribution is 0.0243. The van der Waals surface area contributed by atoms with Gasteiger partial charge >= 0.3 is 0 Å². The summed E-state index contributed by atoms with van der Waals surface area (Å²) in [6.45, 7) is 14.1. The Morgan fingerprint density at radius 1 is 1.14 bits per heavy atom. The molecule has 0 saturated carbocycles. The van der Waals surface area contributed by atoms with Crippen molar-refractivity contribution in [2.75, 3.05) is 26.2 Å². The van der Waals surface area contributed by atoms with Gasteiger partial charge in [0.1, 0.15) is 0 Å². The second kappa shape index (κ2) is 5.13. The lowest BCUT2D eigenvalue weighted by Gasteiger charge is -2.49. The molecule has 0 bridgehead atoms. The molecule has 2 nitrogen and oxygen atoms in total. The maximum Gasteiger partial charge on any atom is 0.0256 e. The van der Waals surface area contributed by atoms with Gasteiger partial charge in [-0.15, -0.1) is 0 Å². The van der Waals surface area contributed by atoms with Gasteiger partial charge in [0, 0.05) is 5.54 Å². The van der Waals surface area contributed by atoms with Gasteiger partial charge < -0.3 is 5.32 Å². The average Bonchev–Trinajstić information content (AvgIpc) is 2.21. The third kappa shape index (κ3) is 2.12. The van der Waals surface area contributed by atoms with Gasteiger partial charge in [0.15, 0.2) is 0 Å². The van der Waals surface area contributed by atoms with E-state index < -0.39 is 0 Å². The summed E-state index contributed by atoms with van der Waals surface area (Å²) < 4.78 is 0. The zero-order valence-electron chi connectivity index (χ0n) is 10.3. The molecule has 0 amide bonds. The largest absolute Gasteiger partial charge is 0.317 e. The topological polar surface area (TPSA) is 15.3 Å². The molecule has 84 valence electrons. The number of hydrogen-bond donors (Lipinski definition) is 1. The summed E-state index contributed by atoms with van der Waals surface area (Å²) in [7, 11) is 0.